The molecule has 27 heavy (non-hydrogen) atoms. The number of carbonyl (C=O) groups excluding carboxylic acids is 1. The second-order valence-electron chi connectivity index (χ2n) is 6.64. The molecule has 0 bridgehead atoms. The van der Waals surface area contributed by atoms with E-state index in [1.807, 2.05) is 30.3 Å². The molecule has 2 N–H and O–H groups in total. The summed E-state index contributed by atoms with van der Waals surface area (Å²) in [5.74, 6) is 0.305. The van der Waals surface area contributed by atoms with Crippen LogP contribution < -0.4 is 10.9 Å². The van der Waals surface area contributed by atoms with Crippen molar-refractivity contribution in [1.82, 2.24) is 20.4 Å². The molecule has 0 aliphatic heterocycles. The molecule has 2 aromatic heterocycles. The Bertz CT molecular complexity index is 1010. The van der Waals surface area contributed by atoms with Crippen LogP contribution in [-0.2, 0) is 19.4 Å². The molecule has 138 valence electrons. The smallest absolute Gasteiger partial charge is 0.261 e. The number of pyridine rings is 1. The van der Waals surface area contributed by atoms with E-state index < -0.39 is 5.91 Å². The van der Waals surface area contributed by atoms with Crippen LogP contribution in [0.1, 0.15) is 46.8 Å². The fourth-order valence-electron chi connectivity index (χ4n) is 3.30. The highest BCUT2D eigenvalue weighted by Gasteiger charge is 2.17. The van der Waals surface area contributed by atoms with Gasteiger partial charge in [0, 0.05) is 11.3 Å². The second kappa shape index (κ2) is 7.57. The number of nitrogens with zero attached hydrogens (tertiary/aromatic N) is 2. The van der Waals surface area contributed by atoms with Crippen molar-refractivity contribution >= 4 is 5.91 Å². The molecule has 0 saturated carbocycles. The standard InChI is InChI=1S/C20H20N4O3/c25-19(15-11-14-9-5-2-6-10-16(14)22-20(15)26)21-12-17-23-18(24-27-17)13-7-3-1-4-8-13/h1,3-4,7-8,11H,2,5-6,9-10,12H2,(H,21,25)(H,22,26). The van der Waals surface area contributed by atoms with Gasteiger partial charge < -0.3 is 14.8 Å². The summed E-state index contributed by atoms with van der Waals surface area (Å²) in [6.07, 6.45) is 5.02. The van der Waals surface area contributed by atoms with E-state index in [9.17, 15) is 9.59 Å². The summed E-state index contributed by atoms with van der Waals surface area (Å²) in [6, 6.07) is 11.2. The average molecular weight is 364 g/mol. The van der Waals surface area contributed by atoms with E-state index in [4.69, 9.17) is 4.52 Å². The fraction of sp³-hybridized carbons (Fsp3) is 0.300. The highest BCUT2D eigenvalue weighted by atomic mass is 16.5. The lowest BCUT2D eigenvalue weighted by Crippen LogP contribution is -2.30. The van der Waals surface area contributed by atoms with E-state index in [-0.39, 0.29) is 23.6 Å². The Morgan fingerprint density at radius 3 is 2.81 bits per heavy atom. The van der Waals surface area contributed by atoms with Crippen LogP contribution >= 0.6 is 0 Å². The van der Waals surface area contributed by atoms with Gasteiger partial charge in [-0.25, -0.2) is 0 Å². The van der Waals surface area contributed by atoms with E-state index in [0.29, 0.717) is 5.82 Å². The van der Waals surface area contributed by atoms with Gasteiger partial charge in [0.2, 0.25) is 11.7 Å². The predicted octanol–water partition coefficient (Wildman–Crippen LogP) is 2.62. The van der Waals surface area contributed by atoms with Crippen molar-refractivity contribution < 1.29 is 9.32 Å². The van der Waals surface area contributed by atoms with Crippen LogP contribution in [0.15, 0.2) is 45.7 Å². The number of aryl methyl sites for hydroxylation is 2. The van der Waals surface area contributed by atoms with Crippen LogP contribution in [0, 0.1) is 0 Å². The van der Waals surface area contributed by atoms with Gasteiger partial charge in [-0.1, -0.05) is 41.9 Å². The lowest BCUT2D eigenvalue weighted by molar-refractivity contribution is 0.0944. The van der Waals surface area contributed by atoms with Crippen molar-refractivity contribution in [2.24, 2.45) is 0 Å². The van der Waals surface area contributed by atoms with Crippen molar-refractivity contribution in [2.75, 3.05) is 0 Å². The van der Waals surface area contributed by atoms with Crippen LogP contribution in [0.25, 0.3) is 11.4 Å². The molecule has 0 spiro atoms. The van der Waals surface area contributed by atoms with E-state index in [0.717, 1.165) is 48.9 Å². The van der Waals surface area contributed by atoms with E-state index in [1.165, 1.54) is 0 Å². The molecule has 0 saturated heterocycles. The second-order valence-corrected chi connectivity index (χ2v) is 6.64. The Morgan fingerprint density at radius 2 is 1.96 bits per heavy atom. The van der Waals surface area contributed by atoms with Crippen molar-refractivity contribution in [2.45, 2.75) is 38.6 Å². The molecule has 7 nitrogen and oxygen atoms in total. The van der Waals surface area contributed by atoms with Crippen LogP contribution in [0.2, 0.25) is 0 Å². The lowest BCUT2D eigenvalue weighted by Gasteiger charge is -2.08. The number of aromatic amines is 1. The Morgan fingerprint density at radius 1 is 1.15 bits per heavy atom. The first kappa shape index (κ1) is 17.2. The quantitative estimate of drug-likeness (QED) is 0.693. The first-order valence-electron chi connectivity index (χ1n) is 9.12. The number of carbonyl (C=O) groups is 1. The summed E-state index contributed by atoms with van der Waals surface area (Å²) in [5.41, 5.74) is 2.61. The van der Waals surface area contributed by atoms with Crippen molar-refractivity contribution in [1.29, 1.82) is 0 Å². The molecule has 4 rings (SSSR count). The third-order valence-electron chi connectivity index (χ3n) is 4.73. The van der Waals surface area contributed by atoms with Crippen LogP contribution in [-0.4, -0.2) is 21.0 Å². The van der Waals surface area contributed by atoms with Gasteiger partial charge in [0.25, 0.3) is 11.5 Å². The Balaban J connectivity index is 1.46. The third-order valence-corrected chi connectivity index (χ3v) is 4.73. The largest absolute Gasteiger partial charge is 0.343 e. The molecule has 0 fully saturated rings. The van der Waals surface area contributed by atoms with E-state index >= 15 is 0 Å². The van der Waals surface area contributed by atoms with Gasteiger partial charge >= 0.3 is 0 Å². The molecular weight excluding hydrogens is 344 g/mol. The molecule has 1 amide bonds. The predicted molar refractivity (Wildman–Crippen MR) is 99.2 cm³/mol. The molecule has 0 radical (unpaired) electrons. The van der Waals surface area contributed by atoms with Gasteiger partial charge in [-0.05, 0) is 37.3 Å². The normalized spacial score (nSPS) is 13.6. The number of amides is 1. The van der Waals surface area contributed by atoms with E-state index in [2.05, 4.69) is 20.4 Å². The summed E-state index contributed by atoms with van der Waals surface area (Å²) >= 11 is 0. The maximum absolute atomic E-state index is 12.5. The molecule has 2 heterocycles. The summed E-state index contributed by atoms with van der Waals surface area (Å²) in [6.45, 7) is 0.0647. The Labute approximate surface area is 155 Å². The molecule has 3 aromatic rings. The molecular formula is C20H20N4O3. The lowest BCUT2D eigenvalue weighted by atomic mass is 10.1. The number of nitrogens with one attached hydrogen (secondary N) is 2. The summed E-state index contributed by atoms with van der Waals surface area (Å²) in [5, 5.41) is 6.61. The minimum Gasteiger partial charge on any atom is -0.343 e. The molecule has 0 atom stereocenters. The summed E-state index contributed by atoms with van der Waals surface area (Å²) in [7, 11) is 0. The van der Waals surface area contributed by atoms with Crippen molar-refractivity contribution in [3.8, 4) is 11.4 Å². The van der Waals surface area contributed by atoms with Crippen molar-refractivity contribution in [3.05, 3.63) is 69.5 Å². The van der Waals surface area contributed by atoms with Gasteiger partial charge in [0.1, 0.15) is 5.56 Å². The van der Waals surface area contributed by atoms with Gasteiger partial charge in [0.15, 0.2) is 0 Å². The van der Waals surface area contributed by atoms with Gasteiger partial charge in [-0.2, -0.15) is 4.98 Å². The van der Waals surface area contributed by atoms with Gasteiger partial charge in [-0.15, -0.1) is 0 Å². The van der Waals surface area contributed by atoms with Gasteiger partial charge in [0.05, 0.1) is 6.54 Å². The number of hydrogen-bond acceptors (Lipinski definition) is 5. The summed E-state index contributed by atoms with van der Waals surface area (Å²) in [4.78, 5) is 31.9. The van der Waals surface area contributed by atoms with E-state index in [1.54, 1.807) is 6.07 Å². The monoisotopic (exact) mass is 364 g/mol. The number of fused-ring (bicyclic) bond motifs is 1. The maximum atomic E-state index is 12.5. The highest BCUT2D eigenvalue weighted by Crippen LogP contribution is 2.18. The topological polar surface area (TPSA) is 101 Å². The van der Waals surface area contributed by atoms with Gasteiger partial charge in [-0.3, -0.25) is 9.59 Å². The molecule has 1 aliphatic carbocycles. The number of hydrogen-bond donors (Lipinski definition) is 2. The Hall–Kier alpha value is -3.22. The Kier molecular flexibility index (Phi) is 4.82. The zero-order chi connectivity index (χ0) is 18.6. The number of rotatable bonds is 4. The number of benzene rings is 1. The molecule has 0 unspecified atom stereocenters. The SMILES string of the molecule is O=C(NCc1nc(-c2ccccc2)no1)c1cc2c([nH]c1=O)CCCCC2. The van der Waals surface area contributed by atoms with Crippen LogP contribution in [0.5, 0.6) is 0 Å². The third kappa shape index (κ3) is 3.81. The zero-order valence-corrected chi connectivity index (χ0v) is 14.8. The number of aromatic nitrogens is 3. The van der Waals surface area contributed by atoms with Crippen LogP contribution in [0.4, 0.5) is 0 Å². The average Bonchev–Trinajstić information content (AvgIpc) is 3.05. The molecule has 1 aliphatic rings. The maximum Gasteiger partial charge on any atom is 0.261 e. The minimum atomic E-state index is -0.442. The number of H-pyrrole nitrogens is 1. The van der Waals surface area contributed by atoms with Crippen LogP contribution in [0.3, 0.4) is 0 Å². The van der Waals surface area contributed by atoms with Crippen molar-refractivity contribution in [3.63, 3.8) is 0 Å². The minimum absolute atomic E-state index is 0.0647. The molecule has 7 heteroatoms. The fourth-order valence-corrected chi connectivity index (χ4v) is 3.30. The first-order chi connectivity index (χ1) is 13.2. The summed E-state index contributed by atoms with van der Waals surface area (Å²) < 4.78 is 5.18. The zero-order valence-electron chi connectivity index (χ0n) is 14.8. The highest BCUT2D eigenvalue weighted by molar-refractivity contribution is 5.93. The first-order valence-corrected chi connectivity index (χ1v) is 9.12. The molecule has 1 aromatic carbocycles.